The molecule has 0 spiro atoms. The van der Waals surface area contributed by atoms with Crippen LogP contribution >= 0.6 is 0 Å². The van der Waals surface area contributed by atoms with Gasteiger partial charge in [0.05, 0.1) is 12.6 Å². The molecule has 0 saturated carbocycles. The second-order valence-corrected chi connectivity index (χ2v) is 3.08. The number of aromatic nitrogens is 2. The molecule has 0 aliphatic rings. The number of aryl methyl sites for hydroxylation is 1. The van der Waals surface area contributed by atoms with Gasteiger partial charge in [0, 0.05) is 18.0 Å². The van der Waals surface area contributed by atoms with E-state index < -0.39 is 0 Å². The Morgan fingerprint density at radius 3 is 2.93 bits per heavy atom. The van der Waals surface area contributed by atoms with Gasteiger partial charge in [-0.2, -0.15) is 5.10 Å². The number of nitrogens with two attached hydrogens (primary N) is 1. The molecular formula is C10H13N3O. The van der Waals surface area contributed by atoms with Gasteiger partial charge in [-0.3, -0.25) is 0 Å². The molecule has 0 aliphatic carbocycles. The van der Waals surface area contributed by atoms with Crippen LogP contribution in [0.25, 0.3) is 10.9 Å². The third-order valence-electron chi connectivity index (χ3n) is 2.29. The number of benzene rings is 1. The molecule has 74 valence electrons. The molecule has 14 heavy (non-hydrogen) atoms. The topological polar surface area (TPSA) is 53.1 Å². The summed E-state index contributed by atoms with van der Waals surface area (Å²) in [5.74, 6) is 1.52. The summed E-state index contributed by atoms with van der Waals surface area (Å²) in [6.45, 7) is 2.79. The van der Waals surface area contributed by atoms with Crippen molar-refractivity contribution in [3.8, 4) is 5.75 Å². The Morgan fingerprint density at radius 2 is 2.29 bits per heavy atom. The van der Waals surface area contributed by atoms with Crippen molar-refractivity contribution in [2.45, 2.75) is 13.5 Å². The number of nitrogen functional groups attached to an aromatic ring is 1. The van der Waals surface area contributed by atoms with Crippen molar-refractivity contribution in [1.29, 1.82) is 0 Å². The third-order valence-corrected chi connectivity index (χ3v) is 2.29. The molecule has 1 aromatic heterocycles. The van der Waals surface area contributed by atoms with Crippen LogP contribution in [-0.2, 0) is 6.54 Å². The van der Waals surface area contributed by atoms with Crippen molar-refractivity contribution in [3.05, 3.63) is 18.2 Å². The largest absolute Gasteiger partial charge is 0.497 e. The predicted molar refractivity (Wildman–Crippen MR) is 56.4 cm³/mol. The minimum atomic E-state index is 0.713. The highest BCUT2D eigenvalue weighted by Gasteiger charge is 2.06. The fraction of sp³-hybridized carbons (Fsp3) is 0.300. The van der Waals surface area contributed by atoms with Crippen LogP contribution in [0.5, 0.6) is 5.75 Å². The molecule has 2 aromatic rings. The first-order valence-corrected chi connectivity index (χ1v) is 4.56. The molecule has 2 rings (SSSR count). The van der Waals surface area contributed by atoms with Gasteiger partial charge < -0.3 is 10.5 Å². The minimum Gasteiger partial charge on any atom is -0.497 e. The Balaban J connectivity index is 2.66. The van der Waals surface area contributed by atoms with Crippen molar-refractivity contribution in [1.82, 2.24) is 9.78 Å². The van der Waals surface area contributed by atoms with Crippen molar-refractivity contribution >= 4 is 16.7 Å². The summed E-state index contributed by atoms with van der Waals surface area (Å²) in [5.41, 5.74) is 6.78. The van der Waals surface area contributed by atoms with Crippen molar-refractivity contribution in [2.75, 3.05) is 12.8 Å². The minimum absolute atomic E-state index is 0.713. The normalized spacial score (nSPS) is 10.7. The van der Waals surface area contributed by atoms with Crippen molar-refractivity contribution in [3.63, 3.8) is 0 Å². The fourth-order valence-electron chi connectivity index (χ4n) is 1.50. The Morgan fingerprint density at radius 1 is 1.50 bits per heavy atom. The molecule has 1 heterocycles. The number of nitrogens with zero attached hydrogens (tertiary/aromatic N) is 2. The number of hydrogen-bond acceptors (Lipinski definition) is 3. The first-order chi connectivity index (χ1) is 6.76. The van der Waals surface area contributed by atoms with Gasteiger partial charge in [-0.25, -0.2) is 4.68 Å². The molecule has 0 amide bonds. The van der Waals surface area contributed by atoms with E-state index in [-0.39, 0.29) is 0 Å². The second kappa shape index (κ2) is 3.21. The fourth-order valence-corrected chi connectivity index (χ4v) is 1.50. The SMILES string of the molecule is CCn1nc2cc(OC)ccc2c1N. The average molecular weight is 191 g/mol. The van der Waals surface area contributed by atoms with Gasteiger partial charge in [-0.1, -0.05) is 0 Å². The zero-order chi connectivity index (χ0) is 10.1. The lowest BCUT2D eigenvalue weighted by molar-refractivity contribution is 0.415. The molecule has 0 aliphatic heterocycles. The summed E-state index contributed by atoms with van der Waals surface area (Å²) in [5, 5.41) is 5.33. The Labute approximate surface area is 82.3 Å². The van der Waals surface area contributed by atoms with Crippen molar-refractivity contribution < 1.29 is 4.74 Å². The maximum Gasteiger partial charge on any atom is 0.129 e. The van der Waals surface area contributed by atoms with Crippen LogP contribution in [0.1, 0.15) is 6.92 Å². The smallest absolute Gasteiger partial charge is 0.129 e. The van der Waals surface area contributed by atoms with E-state index in [2.05, 4.69) is 5.10 Å². The summed E-state index contributed by atoms with van der Waals surface area (Å²) < 4.78 is 6.90. The predicted octanol–water partition coefficient (Wildman–Crippen LogP) is 1.65. The van der Waals surface area contributed by atoms with Crippen LogP contribution in [0.2, 0.25) is 0 Å². The van der Waals surface area contributed by atoms with E-state index in [0.717, 1.165) is 23.2 Å². The van der Waals surface area contributed by atoms with E-state index in [9.17, 15) is 0 Å². The second-order valence-electron chi connectivity index (χ2n) is 3.08. The monoisotopic (exact) mass is 191 g/mol. The summed E-state index contributed by atoms with van der Waals surface area (Å²) in [4.78, 5) is 0. The molecule has 4 heteroatoms. The Hall–Kier alpha value is -1.71. The lowest BCUT2D eigenvalue weighted by atomic mass is 10.2. The Kier molecular flexibility index (Phi) is 2.04. The highest BCUT2D eigenvalue weighted by molar-refractivity contribution is 5.89. The van der Waals surface area contributed by atoms with Crippen LogP contribution in [0.15, 0.2) is 18.2 Å². The first kappa shape index (κ1) is 8.87. The molecular weight excluding hydrogens is 178 g/mol. The van der Waals surface area contributed by atoms with Gasteiger partial charge >= 0.3 is 0 Å². The maximum atomic E-state index is 5.90. The van der Waals surface area contributed by atoms with E-state index in [1.165, 1.54) is 0 Å². The lowest BCUT2D eigenvalue weighted by Gasteiger charge is -1.97. The number of methoxy groups -OCH3 is 1. The molecule has 1 aromatic carbocycles. The highest BCUT2D eigenvalue weighted by atomic mass is 16.5. The number of ether oxygens (including phenoxy) is 1. The molecule has 4 nitrogen and oxygen atoms in total. The molecule has 0 fully saturated rings. The van der Waals surface area contributed by atoms with Gasteiger partial charge in [-0.05, 0) is 19.1 Å². The summed E-state index contributed by atoms with van der Waals surface area (Å²) in [6, 6.07) is 5.71. The molecule has 2 N–H and O–H groups in total. The van der Waals surface area contributed by atoms with E-state index >= 15 is 0 Å². The van der Waals surface area contributed by atoms with Crippen LogP contribution in [0.4, 0.5) is 5.82 Å². The van der Waals surface area contributed by atoms with E-state index in [4.69, 9.17) is 10.5 Å². The van der Waals surface area contributed by atoms with Crippen LogP contribution < -0.4 is 10.5 Å². The van der Waals surface area contributed by atoms with E-state index in [1.807, 2.05) is 25.1 Å². The van der Waals surface area contributed by atoms with Gasteiger partial charge in [0.15, 0.2) is 0 Å². The molecule has 0 radical (unpaired) electrons. The molecule has 0 unspecified atom stereocenters. The number of fused-ring (bicyclic) bond motifs is 1. The van der Waals surface area contributed by atoms with Gasteiger partial charge in [-0.15, -0.1) is 0 Å². The van der Waals surface area contributed by atoms with Crippen LogP contribution in [0.3, 0.4) is 0 Å². The summed E-state index contributed by atoms with van der Waals surface area (Å²) in [7, 11) is 1.64. The van der Waals surface area contributed by atoms with E-state index in [0.29, 0.717) is 5.82 Å². The van der Waals surface area contributed by atoms with Gasteiger partial charge in [0.1, 0.15) is 11.6 Å². The highest BCUT2D eigenvalue weighted by Crippen LogP contribution is 2.24. The quantitative estimate of drug-likeness (QED) is 0.785. The molecule has 0 bridgehead atoms. The third kappa shape index (κ3) is 1.19. The van der Waals surface area contributed by atoms with Crippen LogP contribution in [-0.4, -0.2) is 16.9 Å². The Bertz CT molecular complexity index is 462. The van der Waals surface area contributed by atoms with Crippen molar-refractivity contribution in [2.24, 2.45) is 0 Å². The van der Waals surface area contributed by atoms with E-state index in [1.54, 1.807) is 11.8 Å². The summed E-state index contributed by atoms with van der Waals surface area (Å²) in [6.07, 6.45) is 0. The number of rotatable bonds is 2. The number of hydrogen-bond donors (Lipinski definition) is 1. The zero-order valence-electron chi connectivity index (χ0n) is 8.32. The average Bonchev–Trinajstić information content (AvgIpc) is 2.55. The molecule has 0 atom stereocenters. The lowest BCUT2D eigenvalue weighted by Crippen LogP contribution is -2.01. The molecule has 0 saturated heterocycles. The van der Waals surface area contributed by atoms with Gasteiger partial charge in [0.25, 0.3) is 0 Å². The van der Waals surface area contributed by atoms with Gasteiger partial charge in [0.2, 0.25) is 0 Å². The first-order valence-electron chi connectivity index (χ1n) is 4.56. The summed E-state index contributed by atoms with van der Waals surface area (Å²) >= 11 is 0. The number of anilines is 1. The zero-order valence-corrected chi connectivity index (χ0v) is 8.32. The maximum absolute atomic E-state index is 5.90. The standard InChI is InChI=1S/C10H13N3O/c1-3-13-10(11)8-5-4-7(14-2)6-9(8)12-13/h4-6H,3,11H2,1-2H3. The van der Waals surface area contributed by atoms with Crippen LogP contribution in [0, 0.1) is 0 Å².